The van der Waals surface area contributed by atoms with Crippen LogP contribution in [0.3, 0.4) is 0 Å². The summed E-state index contributed by atoms with van der Waals surface area (Å²) >= 11 is 0. The molecule has 1 aromatic carbocycles. The van der Waals surface area contributed by atoms with Crippen molar-refractivity contribution in [3.63, 3.8) is 0 Å². The van der Waals surface area contributed by atoms with Crippen molar-refractivity contribution in [3.05, 3.63) is 24.3 Å². The van der Waals surface area contributed by atoms with Gasteiger partial charge in [-0.1, -0.05) is 0 Å². The zero-order chi connectivity index (χ0) is 56.3. The number of rotatable bonds is 19. The van der Waals surface area contributed by atoms with E-state index in [0.29, 0.717) is 5.75 Å². The van der Waals surface area contributed by atoms with Crippen LogP contribution in [0, 0.1) is 0 Å². The van der Waals surface area contributed by atoms with Crippen LogP contribution < -0.4 is 14.8 Å². The van der Waals surface area contributed by atoms with Gasteiger partial charge in [0.1, 0.15) is 152 Å². The van der Waals surface area contributed by atoms with Crippen molar-refractivity contribution < 1.29 is 153 Å². The fourth-order valence-corrected chi connectivity index (χ4v) is 9.71. The quantitative estimate of drug-likeness (QED) is 0.0612. The number of methoxy groups -OCH3 is 1. The zero-order valence-electron chi connectivity index (χ0n) is 41.5. The Kier molecular flexibility index (Phi) is 21.5. The number of ether oxygens (including phenoxy) is 13. The Labute approximate surface area is 437 Å². The van der Waals surface area contributed by atoms with E-state index < -0.39 is 223 Å². The van der Waals surface area contributed by atoms with Crippen LogP contribution in [0.25, 0.3) is 0 Å². The monoisotopic (exact) mass is 1120 g/mol. The van der Waals surface area contributed by atoms with Gasteiger partial charge < -0.3 is 154 Å². The van der Waals surface area contributed by atoms with Crippen molar-refractivity contribution >= 4 is 5.91 Å². The number of aliphatic hydroxyl groups excluding tert-OH is 17. The number of aliphatic hydroxyl groups is 17. The summed E-state index contributed by atoms with van der Waals surface area (Å²) in [4.78, 5) is 12.8. The molecule has 0 aromatic heterocycles. The van der Waals surface area contributed by atoms with Gasteiger partial charge in [-0.3, -0.25) is 4.79 Å². The molecular weight excluding hydrogens is 1050 g/mol. The van der Waals surface area contributed by atoms with E-state index in [0.717, 1.165) is 6.92 Å². The first-order valence-electron chi connectivity index (χ1n) is 24.6. The normalized spacial score (nSPS) is 47.7. The van der Waals surface area contributed by atoms with Crippen molar-refractivity contribution in [2.75, 3.05) is 40.1 Å². The van der Waals surface area contributed by atoms with Crippen LogP contribution in [-0.2, 0) is 56.9 Å². The van der Waals surface area contributed by atoms with Gasteiger partial charge in [0.05, 0.1) is 46.2 Å². The van der Waals surface area contributed by atoms with Gasteiger partial charge in [0, 0.05) is 6.92 Å². The Morgan fingerprint density at radius 1 is 0.416 bits per heavy atom. The van der Waals surface area contributed by atoms with Crippen molar-refractivity contribution in [1.82, 2.24) is 5.32 Å². The molecule has 77 heavy (non-hydrogen) atoms. The maximum atomic E-state index is 12.8. The number of hydrogen-bond donors (Lipinski definition) is 18. The Morgan fingerprint density at radius 3 is 1.35 bits per heavy atom. The number of benzene rings is 1. The third-order valence-electron chi connectivity index (χ3n) is 14.1. The standard InChI is InChI=1S/C45H71NO31/c1-13-23(53)27(57)31(61)41(66-13)77-39-28(58)24(54)17(8-47)70-45(39)75-37-22(46-14(2)52)40(68-18(9-48)25(37)55)76-38-26(56)19(10-49)69-44(34(38)64)74-36-21(12-51)72-43(33(63)30(36)60)73-35-20(11-50)71-42(32(62)29(35)59)67-16-6-4-15(65-3)5-7-16/h4-7,13,17-45,47-51,53-64H,8-12H2,1-3H3,(H,46,52)/t13-,17+,18+,19+,20+,21+,22+,23+,24-,25-,26-,27+,28-,29+,30+,31-,32+,33+,34+,35+,36-,37+,38-,39+,40-,41-,42+,43-,44+,45-/m0/s1. The third-order valence-corrected chi connectivity index (χ3v) is 14.1. The van der Waals surface area contributed by atoms with Gasteiger partial charge >= 0.3 is 0 Å². The molecule has 442 valence electrons. The summed E-state index contributed by atoms with van der Waals surface area (Å²) in [5, 5.41) is 187. The number of nitrogens with one attached hydrogen (secondary N) is 1. The van der Waals surface area contributed by atoms with Gasteiger partial charge in [-0.05, 0) is 31.2 Å². The van der Waals surface area contributed by atoms with Gasteiger partial charge in [-0.15, -0.1) is 0 Å². The topological polar surface area (TPSA) is 493 Å². The van der Waals surface area contributed by atoms with Crippen LogP contribution >= 0.6 is 0 Å². The molecule has 6 fully saturated rings. The largest absolute Gasteiger partial charge is 0.497 e. The molecule has 0 bridgehead atoms. The van der Waals surface area contributed by atoms with E-state index in [4.69, 9.17) is 61.6 Å². The molecule has 32 nitrogen and oxygen atoms in total. The van der Waals surface area contributed by atoms with Crippen LogP contribution in [0.15, 0.2) is 24.3 Å². The lowest BCUT2D eigenvalue weighted by atomic mass is 9.94. The van der Waals surface area contributed by atoms with E-state index in [-0.39, 0.29) is 5.75 Å². The summed E-state index contributed by atoms with van der Waals surface area (Å²) in [6, 6.07) is 4.28. The van der Waals surface area contributed by atoms with Crippen molar-refractivity contribution in [1.29, 1.82) is 0 Å². The molecule has 7 rings (SSSR count). The summed E-state index contributed by atoms with van der Waals surface area (Å²) in [6.45, 7) is -2.52. The summed E-state index contributed by atoms with van der Waals surface area (Å²) < 4.78 is 74.5. The molecule has 0 unspecified atom stereocenters. The number of hydrogen-bond acceptors (Lipinski definition) is 31. The maximum absolute atomic E-state index is 12.8. The minimum Gasteiger partial charge on any atom is -0.497 e. The van der Waals surface area contributed by atoms with Crippen LogP contribution in [0.4, 0.5) is 0 Å². The van der Waals surface area contributed by atoms with Gasteiger partial charge in [-0.2, -0.15) is 0 Å². The Balaban J connectivity index is 1.08. The van der Waals surface area contributed by atoms with Crippen LogP contribution in [0.2, 0.25) is 0 Å². The van der Waals surface area contributed by atoms with E-state index >= 15 is 0 Å². The first kappa shape index (κ1) is 61.8. The molecule has 1 aromatic rings. The second kappa shape index (κ2) is 26.8. The fourth-order valence-electron chi connectivity index (χ4n) is 9.71. The molecule has 1 amide bonds. The predicted molar refractivity (Wildman–Crippen MR) is 241 cm³/mol. The smallest absolute Gasteiger partial charge is 0.229 e. The second-order valence-electron chi connectivity index (χ2n) is 19.2. The van der Waals surface area contributed by atoms with Crippen LogP contribution in [0.1, 0.15) is 13.8 Å². The molecular formula is C45H71NO31. The lowest BCUT2D eigenvalue weighted by molar-refractivity contribution is -0.393. The lowest BCUT2D eigenvalue weighted by Gasteiger charge is -2.51. The van der Waals surface area contributed by atoms with Crippen LogP contribution in [0.5, 0.6) is 11.5 Å². The van der Waals surface area contributed by atoms with E-state index in [2.05, 4.69) is 5.32 Å². The molecule has 32 heteroatoms. The molecule has 0 radical (unpaired) electrons. The van der Waals surface area contributed by atoms with Crippen molar-refractivity contribution in [2.45, 2.75) is 198 Å². The summed E-state index contributed by atoms with van der Waals surface area (Å²) in [6.07, 6.45) is -53.9. The molecule has 0 aliphatic carbocycles. The second-order valence-corrected chi connectivity index (χ2v) is 19.2. The molecule has 0 spiro atoms. The first-order valence-corrected chi connectivity index (χ1v) is 24.6. The average molecular weight is 1120 g/mol. The van der Waals surface area contributed by atoms with E-state index in [1.165, 1.54) is 26.2 Å². The summed E-state index contributed by atoms with van der Waals surface area (Å²) in [5.41, 5.74) is 0. The Bertz CT molecular complexity index is 1980. The highest BCUT2D eigenvalue weighted by atomic mass is 16.8. The molecule has 6 heterocycles. The summed E-state index contributed by atoms with van der Waals surface area (Å²) in [5.74, 6) is -0.192. The molecule has 6 aliphatic heterocycles. The molecule has 6 saturated heterocycles. The maximum Gasteiger partial charge on any atom is 0.229 e. The average Bonchev–Trinajstić information content (AvgIpc) is 3.42. The SMILES string of the molecule is COc1ccc(O[C@@H]2O[C@H](CO)[C@@H](O[C@@H]3O[C@H](CO)[C@H](O[C@H]4O[C@H](CO)[C@H](O)[C@H](O[C@@H]5O[C@H](CO)[C@H](O)[C@H](O[C@@H]6O[C@H](CO)[C@H](O)[C@H](O)[C@H]6O[C@@H]6O[C@@H](C)[C@@H](O)[C@@H](O)[C@@H]6O)[C@H]5NC(C)=O)[C@H]4O)[C@H](O)[C@H]3O)[C@H](O)[C@H]2O)cc1. The molecule has 6 aliphatic rings. The van der Waals surface area contributed by atoms with Gasteiger partial charge in [0.2, 0.25) is 12.2 Å². The molecule has 0 saturated carbocycles. The lowest BCUT2D eigenvalue weighted by Crippen LogP contribution is -2.70. The van der Waals surface area contributed by atoms with Crippen molar-refractivity contribution in [2.24, 2.45) is 0 Å². The van der Waals surface area contributed by atoms with E-state index in [1.54, 1.807) is 12.1 Å². The van der Waals surface area contributed by atoms with Gasteiger partial charge in [0.15, 0.2) is 31.5 Å². The predicted octanol–water partition coefficient (Wildman–Crippen LogP) is -10.8. The minimum absolute atomic E-state index is 0.184. The highest BCUT2D eigenvalue weighted by Crippen LogP contribution is 2.37. The number of amides is 1. The highest BCUT2D eigenvalue weighted by molar-refractivity contribution is 5.73. The minimum atomic E-state index is -2.22. The third kappa shape index (κ3) is 13.3. The van der Waals surface area contributed by atoms with Crippen molar-refractivity contribution in [3.8, 4) is 11.5 Å². The highest BCUT2D eigenvalue weighted by Gasteiger charge is 2.58. The van der Waals surface area contributed by atoms with Gasteiger partial charge in [-0.25, -0.2) is 0 Å². The Morgan fingerprint density at radius 2 is 0.805 bits per heavy atom. The first-order chi connectivity index (χ1) is 36.6. The van der Waals surface area contributed by atoms with Crippen LogP contribution in [-0.4, -0.2) is 317 Å². The van der Waals surface area contributed by atoms with E-state index in [9.17, 15) is 91.6 Å². The molecule has 18 N–H and O–H groups in total. The molecule has 30 atom stereocenters. The fraction of sp³-hybridized carbons (Fsp3) is 0.844. The number of carbonyl (C=O) groups is 1. The van der Waals surface area contributed by atoms with Gasteiger partial charge in [0.25, 0.3) is 0 Å². The Hall–Kier alpha value is -2.83. The summed E-state index contributed by atoms with van der Waals surface area (Å²) in [7, 11) is 1.45. The van der Waals surface area contributed by atoms with E-state index in [1.807, 2.05) is 0 Å². The number of carbonyl (C=O) groups excluding carboxylic acids is 1. The zero-order valence-corrected chi connectivity index (χ0v) is 41.5.